The Kier molecular flexibility index (Phi) is 5.83. The molecule has 0 atom stereocenters. The number of nitrogens with zero attached hydrogens (tertiary/aromatic N) is 5. The first-order valence-corrected chi connectivity index (χ1v) is 10.1. The molecule has 0 radical (unpaired) electrons. The zero-order valence-corrected chi connectivity index (χ0v) is 16.9. The fourth-order valence-corrected chi connectivity index (χ4v) is 3.89. The topological polar surface area (TPSA) is 97.1 Å². The molecule has 1 saturated heterocycles. The lowest BCUT2D eigenvalue weighted by Crippen LogP contribution is -2.35. The summed E-state index contributed by atoms with van der Waals surface area (Å²) in [5.41, 5.74) is 2.11. The third-order valence-electron chi connectivity index (χ3n) is 5.51. The second-order valence-corrected chi connectivity index (χ2v) is 7.57. The largest absolute Gasteiger partial charge is 0.353 e. The van der Waals surface area contributed by atoms with Crippen molar-refractivity contribution in [1.29, 1.82) is 0 Å². The minimum atomic E-state index is -0.411. The Morgan fingerprint density at radius 3 is 2.53 bits per heavy atom. The highest BCUT2D eigenvalue weighted by Crippen LogP contribution is 2.35. The van der Waals surface area contributed by atoms with Crippen LogP contribution in [-0.2, 0) is 6.42 Å². The van der Waals surface area contributed by atoms with Crippen LogP contribution in [0.1, 0.15) is 24.0 Å². The van der Waals surface area contributed by atoms with E-state index in [1.54, 1.807) is 6.20 Å². The average Bonchev–Trinajstić information content (AvgIpc) is 2.76. The normalized spacial score (nSPS) is 14.5. The van der Waals surface area contributed by atoms with Gasteiger partial charge in [0.2, 0.25) is 11.6 Å². The first-order valence-electron chi connectivity index (χ1n) is 10.1. The van der Waals surface area contributed by atoms with Crippen LogP contribution in [0.2, 0.25) is 0 Å². The van der Waals surface area contributed by atoms with Crippen LogP contribution >= 0.6 is 0 Å². The van der Waals surface area contributed by atoms with E-state index in [9.17, 15) is 10.1 Å². The lowest BCUT2D eigenvalue weighted by atomic mass is 9.90. The number of anilines is 3. The minimum Gasteiger partial charge on any atom is -0.351 e. The van der Waals surface area contributed by atoms with Crippen LogP contribution in [-0.4, -0.2) is 33.0 Å². The predicted octanol–water partition coefficient (Wildman–Crippen LogP) is 4.29. The highest BCUT2D eigenvalue weighted by atomic mass is 16.6. The molecule has 1 aliphatic heterocycles. The first kappa shape index (κ1) is 19.8. The minimum absolute atomic E-state index is 0.107. The molecule has 1 N–H and O–H groups in total. The Hall–Kier alpha value is -3.55. The van der Waals surface area contributed by atoms with E-state index in [1.807, 2.05) is 30.0 Å². The maximum Gasteiger partial charge on any atom is 0.353 e. The highest BCUT2D eigenvalue weighted by molar-refractivity contribution is 5.74. The molecule has 1 aliphatic rings. The van der Waals surface area contributed by atoms with Crippen molar-refractivity contribution in [1.82, 2.24) is 15.0 Å². The van der Waals surface area contributed by atoms with Crippen LogP contribution in [0, 0.1) is 23.0 Å². The van der Waals surface area contributed by atoms with Gasteiger partial charge in [-0.2, -0.15) is 0 Å². The molecule has 8 heteroatoms. The molecular formula is C22H24N6O2. The Morgan fingerprint density at radius 2 is 1.83 bits per heavy atom. The van der Waals surface area contributed by atoms with Crippen LogP contribution in [0.3, 0.4) is 0 Å². The van der Waals surface area contributed by atoms with Crippen molar-refractivity contribution >= 4 is 23.1 Å². The van der Waals surface area contributed by atoms with Crippen molar-refractivity contribution in [3.05, 3.63) is 76.2 Å². The van der Waals surface area contributed by atoms with E-state index in [4.69, 9.17) is 0 Å². The quantitative estimate of drug-likeness (QED) is 0.483. The summed E-state index contributed by atoms with van der Waals surface area (Å²) < 4.78 is 0. The second-order valence-electron chi connectivity index (χ2n) is 7.57. The number of aromatic nitrogens is 3. The summed E-state index contributed by atoms with van der Waals surface area (Å²) in [6.45, 7) is 3.36. The van der Waals surface area contributed by atoms with E-state index in [0.29, 0.717) is 17.6 Å². The maximum atomic E-state index is 11.9. The van der Waals surface area contributed by atoms with Crippen molar-refractivity contribution in [3.63, 3.8) is 0 Å². The smallest absolute Gasteiger partial charge is 0.351 e. The molecule has 1 fully saturated rings. The molecule has 0 bridgehead atoms. The molecule has 30 heavy (non-hydrogen) atoms. The van der Waals surface area contributed by atoms with Gasteiger partial charge < -0.3 is 10.2 Å². The fourth-order valence-electron chi connectivity index (χ4n) is 3.89. The molecule has 2 aromatic heterocycles. The van der Waals surface area contributed by atoms with Gasteiger partial charge in [-0.05, 0) is 49.3 Å². The average molecular weight is 404 g/mol. The summed E-state index contributed by atoms with van der Waals surface area (Å²) in [7, 11) is 0. The Labute approximate surface area is 175 Å². The van der Waals surface area contributed by atoms with Crippen LogP contribution in [0.25, 0.3) is 0 Å². The molecule has 0 aliphatic carbocycles. The molecule has 3 heterocycles. The number of hydrogen-bond acceptors (Lipinski definition) is 7. The van der Waals surface area contributed by atoms with Crippen molar-refractivity contribution in [2.24, 2.45) is 5.92 Å². The molecule has 3 aromatic rings. The molecule has 1 aromatic carbocycles. The van der Waals surface area contributed by atoms with E-state index in [2.05, 4.69) is 44.5 Å². The zero-order valence-electron chi connectivity index (χ0n) is 16.9. The van der Waals surface area contributed by atoms with Gasteiger partial charge in [-0.1, -0.05) is 36.4 Å². The lowest BCUT2D eigenvalue weighted by molar-refractivity contribution is -0.383. The fraction of sp³-hybridized carbons (Fsp3) is 0.318. The molecule has 0 spiro atoms. The summed E-state index contributed by atoms with van der Waals surface area (Å²) in [5.74, 6) is 1.65. The van der Waals surface area contributed by atoms with Crippen molar-refractivity contribution in [2.45, 2.75) is 26.2 Å². The monoisotopic (exact) mass is 404 g/mol. The number of rotatable bonds is 6. The Morgan fingerprint density at radius 1 is 1.07 bits per heavy atom. The maximum absolute atomic E-state index is 11.9. The zero-order chi connectivity index (χ0) is 20.9. The first-order chi connectivity index (χ1) is 14.6. The highest BCUT2D eigenvalue weighted by Gasteiger charge is 2.30. The molecule has 0 saturated carbocycles. The van der Waals surface area contributed by atoms with E-state index in [-0.39, 0.29) is 11.5 Å². The molecule has 4 rings (SSSR count). The van der Waals surface area contributed by atoms with Gasteiger partial charge in [0.05, 0.1) is 4.92 Å². The van der Waals surface area contributed by atoms with Crippen molar-refractivity contribution < 1.29 is 4.92 Å². The van der Waals surface area contributed by atoms with Crippen LogP contribution in [0.15, 0.2) is 55.0 Å². The van der Waals surface area contributed by atoms with Gasteiger partial charge >= 0.3 is 5.69 Å². The SMILES string of the molecule is Cc1cccnc1Nc1ncnc(N2CCC(Cc3ccccc3)CC2)c1[N+](=O)[O-]. The number of pyridine rings is 1. The van der Waals surface area contributed by atoms with Gasteiger partial charge in [-0.25, -0.2) is 15.0 Å². The van der Waals surface area contributed by atoms with Gasteiger partial charge in [0, 0.05) is 19.3 Å². The molecule has 154 valence electrons. The summed E-state index contributed by atoms with van der Waals surface area (Å²) in [6.07, 6.45) is 5.99. The van der Waals surface area contributed by atoms with Crippen molar-refractivity contribution in [3.8, 4) is 0 Å². The predicted molar refractivity (Wildman–Crippen MR) is 116 cm³/mol. The third-order valence-corrected chi connectivity index (χ3v) is 5.51. The Bertz CT molecular complexity index is 1020. The standard InChI is InChI=1S/C22H24N6O2/c1-16-6-5-11-23-20(16)26-21-19(28(29)30)22(25-15-24-21)27-12-9-18(10-13-27)14-17-7-3-2-4-8-17/h2-8,11,15,18H,9-10,12-14H2,1H3,(H,23,24,25,26). The van der Waals surface area contributed by atoms with Gasteiger partial charge in [0.25, 0.3) is 0 Å². The molecule has 0 amide bonds. The number of benzene rings is 1. The summed E-state index contributed by atoms with van der Waals surface area (Å²) >= 11 is 0. The van der Waals surface area contributed by atoms with Crippen LogP contribution in [0.4, 0.5) is 23.1 Å². The summed E-state index contributed by atoms with van der Waals surface area (Å²) in [5, 5.41) is 14.9. The van der Waals surface area contributed by atoms with E-state index < -0.39 is 4.92 Å². The second kappa shape index (κ2) is 8.86. The number of piperidine rings is 1. The number of hydrogen-bond donors (Lipinski definition) is 1. The number of nitrogens with one attached hydrogen (secondary N) is 1. The molecule has 8 nitrogen and oxygen atoms in total. The van der Waals surface area contributed by atoms with Gasteiger partial charge in [-0.3, -0.25) is 10.1 Å². The van der Waals surface area contributed by atoms with Crippen molar-refractivity contribution in [2.75, 3.05) is 23.3 Å². The summed E-state index contributed by atoms with van der Waals surface area (Å²) in [4.78, 5) is 26.2. The summed E-state index contributed by atoms with van der Waals surface area (Å²) in [6, 6.07) is 14.2. The molecule has 0 unspecified atom stereocenters. The van der Waals surface area contributed by atoms with E-state index >= 15 is 0 Å². The van der Waals surface area contributed by atoms with Gasteiger partial charge in [0.1, 0.15) is 12.1 Å². The van der Waals surface area contributed by atoms with Gasteiger partial charge in [0.15, 0.2) is 0 Å². The van der Waals surface area contributed by atoms with E-state index in [1.165, 1.54) is 11.9 Å². The number of aryl methyl sites for hydroxylation is 1. The van der Waals surface area contributed by atoms with Crippen LogP contribution < -0.4 is 10.2 Å². The van der Waals surface area contributed by atoms with Gasteiger partial charge in [-0.15, -0.1) is 0 Å². The van der Waals surface area contributed by atoms with Crippen LogP contribution in [0.5, 0.6) is 0 Å². The molecular weight excluding hydrogens is 380 g/mol. The Balaban J connectivity index is 1.52. The lowest BCUT2D eigenvalue weighted by Gasteiger charge is -2.32. The third kappa shape index (κ3) is 4.37. The number of nitro groups is 1. The van der Waals surface area contributed by atoms with E-state index in [0.717, 1.165) is 37.9 Å².